The highest BCUT2D eigenvalue weighted by Gasteiger charge is 2.37. The van der Waals surface area contributed by atoms with Crippen molar-refractivity contribution in [1.82, 2.24) is 0 Å². The normalized spacial score (nSPS) is 18.3. The number of aliphatic hydroxyl groups excluding tert-OH is 4. The van der Waals surface area contributed by atoms with Gasteiger partial charge < -0.3 is 30.3 Å². The molecule has 16 heavy (non-hydrogen) atoms. The van der Waals surface area contributed by atoms with Gasteiger partial charge in [0.15, 0.2) is 12.2 Å². The summed E-state index contributed by atoms with van der Waals surface area (Å²) in [7, 11) is 0. The molecule has 0 amide bonds. The van der Waals surface area contributed by atoms with Gasteiger partial charge in [0.25, 0.3) is 0 Å². The number of carbonyl (C=O) groups excluding carboxylic acids is 1. The van der Waals surface area contributed by atoms with E-state index in [0.717, 1.165) is 0 Å². The van der Waals surface area contributed by atoms with Crippen LogP contribution < -0.4 is 0 Å². The molecule has 0 spiro atoms. The number of esters is 1. The first-order valence-electron chi connectivity index (χ1n) is 4.44. The smallest absolute Gasteiger partial charge is 0.337 e. The number of carboxylic acids is 1. The molecule has 0 aromatic heterocycles. The van der Waals surface area contributed by atoms with Gasteiger partial charge in [-0.3, -0.25) is 0 Å². The Morgan fingerprint density at radius 1 is 1.06 bits per heavy atom. The van der Waals surface area contributed by atoms with Crippen molar-refractivity contribution in [3.8, 4) is 0 Å². The lowest BCUT2D eigenvalue weighted by atomic mass is 10.0. The van der Waals surface area contributed by atoms with Crippen molar-refractivity contribution in [3.63, 3.8) is 0 Å². The van der Waals surface area contributed by atoms with Crippen LogP contribution >= 0.6 is 0 Å². The average molecular weight is 238 g/mol. The second-order valence-corrected chi connectivity index (χ2v) is 2.96. The van der Waals surface area contributed by atoms with Gasteiger partial charge in [0.2, 0.25) is 0 Å². The van der Waals surface area contributed by atoms with Crippen LogP contribution in [0.1, 0.15) is 6.92 Å². The lowest BCUT2D eigenvalue weighted by molar-refractivity contribution is -0.175. The van der Waals surface area contributed by atoms with E-state index in [1.165, 1.54) is 6.92 Å². The maximum atomic E-state index is 10.9. The second kappa shape index (κ2) is 6.38. The van der Waals surface area contributed by atoms with E-state index in [9.17, 15) is 14.7 Å². The zero-order chi connectivity index (χ0) is 12.9. The van der Waals surface area contributed by atoms with Gasteiger partial charge in [-0.2, -0.15) is 0 Å². The van der Waals surface area contributed by atoms with Crippen molar-refractivity contribution in [2.75, 3.05) is 6.61 Å². The van der Waals surface area contributed by atoms with E-state index in [1.807, 2.05) is 0 Å². The molecule has 0 aromatic rings. The topological polar surface area (TPSA) is 145 Å². The molecule has 0 unspecified atom stereocenters. The summed E-state index contributed by atoms with van der Waals surface area (Å²) in [5.41, 5.74) is 0. The SMILES string of the molecule is CCOC(=O)[C@H](O)[C@@H](O)[C@H](O)[C@H](O)C(=O)O. The minimum Gasteiger partial charge on any atom is -0.479 e. The van der Waals surface area contributed by atoms with Gasteiger partial charge in [-0.1, -0.05) is 0 Å². The van der Waals surface area contributed by atoms with Crippen LogP contribution in [-0.2, 0) is 14.3 Å². The number of aliphatic carboxylic acids is 1. The predicted octanol–water partition coefficient (Wildman–Crippen LogP) is -2.92. The first-order valence-corrected chi connectivity index (χ1v) is 4.44. The van der Waals surface area contributed by atoms with Crippen molar-refractivity contribution in [1.29, 1.82) is 0 Å². The van der Waals surface area contributed by atoms with Crippen LogP contribution in [0, 0.1) is 0 Å². The Bertz CT molecular complexity index is 252. The molecule has 94 valence electrons. The van der Waals surface area contributed by atoms with Crippen LogP contribution in [-0.4, -0.2) is 68.5 Å². The number of carboxylic acid groups (broad SMARTS) is 1. The Balaban J connectivity index is 4.47. The summed E-state index contributed by atoms with van der Waals surface area (Å²) in [6, 6.07) is 0. The molecule has 4 atom stereocenters. The minimum atomic E-state index is -2.31. The third kappa shape index (κ3) is 3.74. The molecule has 0 fully saturated rings. The van der Waals surface area contributed by atoms with Crippen LogP contribution in [0.4, 0.5) is 0 Å². The summed E-state index contributed by atoms with van der Waals surface area (Å²) in [4.78, 5) is 21.2. The van der Waals surface area contributed by atoms with E-state index in [-0.39, 0.29) is 6.61 Å². The van der Waals surface area contributed by atoms with Gasteiger partial charge in [-0.25, -0.2) is 9.59 Å². The minimum absolute atomic E-state index is 0.0554. The molecular formula is C8H14O8. The molecule has 0 aromatic carbocycles. The second-order valence-electron chi connectivity index (χ2n) is 2.96. The zero-order valence-corrected chi connectivity index (χ0v) is 8.48. The Labute approximate surface area is 90.7 Å². The lowest BCUT2D eigenvalue weighted by Crippen LogP contribution is -2.50. The molecule has 0 aliphatic heterocycles. The molecule has 0 rings (SSSR count). The molecule has 0 heterocycles. The monoisotopic (exact) mass is 238 g/mol. The summed E-state index contributed by atoms with van der Waals surface area (Å²) in [6.45, 7) is 1.40. The largest absolute Gasteiger partial charge is 0.479 e. The maximum absolute atomic E-state index is 10.9. The number of rotatable bonds is 6. The fraction of sp³-hybridized carbons (Fsp3) is 0.750. The van der Waals surface area contributed by atoms with Crippen molar-refractivity contribution in [2.24, 2.45) is 0 Å². The summed E-state index contributed by atoms with van der Waals surface area (Å²) in [6.07, 6.45) is -8.77. The molecule has 5 N–H and O–H groups in total. The lowest BCUT2D eigenvalue weighted by Gasteiger charge is -2.23. The number of ether oxygens (including phenoxy) is 1. The fourth-order valence-electron chi connectivity index (χ4n) is 0.887. The van der Waals surface area contributed by atoms with Crippen LogP contribution in [0.5, 0.6) is 0 Å². The van der Waals surface area contributed by atoms with Crippen LogP contribution in [0.25, 0.3) is 0 Å². The van der Waals surface area contributed by atoms with E-state index in [0.29, 0.717) is 0 Å². The number of hydrogen-bond acceptors (Lipinski definition) is 7. The predicted molar refractivity (Wildman–Crippen MR) is 48.3 cm³/mol. The Morgan fingerprint density at radius 2 is 1.50 bits per heavy atom. The van der Waals surface area contributed by atoms with Crippen LogP contribution in [0.2, 0.25) is 0 Å². The number of hydrogen-bond donors (Lipinski definition) is 5. The van der Waals surface area contributed by atoms with Gasteiger partial charge in [0.05, 0.1) is 6.61 Å². The van der Waals surface area contributed by atoms with Gasteiger partial charge in [-0.05, 0) is 6.92 Å². The first-order chi connectivity index (χ1) is 7.32. The quantitative estimate of drug-likeness (QED) is 0.309. The van der Waals surface area contributed by atoms with Crippen molar-refractivity contribution in [2.45, 2.75) is 31.3 Å². The molecule has 0 bridgehead atoms. The average Bonchev–Trinajstić information content (AvgIpc) is 2.25. The standard InChI is InChI=1S/C8H14O8/c1-2-16-8(15)6(12)4(10)3(9)5(11)7(13)14/h3-6,9-12H,2H2,1H3,(H,13,14)/t3-,4-,5-,6+/m0/s1. The summed E-state index contributed by atoms with van der Waals surface area (Å²) < 4.78 is 4.33. The Morgan fingerprint density at radius 3 is 1.88 bits per heavy atom. The maximum Gasteiger partial charge on any atom is 0.337 e. The highest BCUT2D eigenvalue weighted by molar-refractivity contribution is 5.76. The van der Waals surface area contributed by atoms with Crippen molar-refractivity contribution in [3.05, 3.63) is 0 Å². The summed E-state index contributed by atoms with van der Waals surface area (Å²) in [5.74, 6) is -3.01. The number of carbonyl (C=O) groups is 2. The summed E-state index contributed by atoms with van der Waals surface area (Å²) in [5, 5.41) is 44.6. The molecule has 8 heteroatoms. The molecule has 0 aliphatic rings. The molecule has 0 aliphatic carbocycles. The number of aliphatic hydroxyl groups is 4. The molecule has 0 radical (unpaired) electrons. The molecular weight excluding hydrogens is 224 g/mol. The fourth-order valence-corrected chi connectivity index (χ4v) is 0.887. The van der Waals surface area contributed by atoms with E-state index in [1.54, 1.807) is 0 Å². The molecule has 8 nitrogen and oxygen atoms in total. The molecule has 0 saturated carbocycles. The van der Waals surface area contributed by atoms with Crippen molar-refractivity contribution < 1.29 is 39.9 Å². The van der Waals surface area contributed by atoms with E-state index >= 15 is 0 Å². The highest BCUT2D eigenvalue weighted by Crippen LogP contribution is 2.07. The van der Waals surface area contributed by atoms with Crippen LogP contribution in [0.3, 0.4) is 0 Å². The third-order valence-electron chi connectivity index (χ3n) is 1.78. The van der Waals surface area contributed by atoms with E-state index < -0.39 is 36.4 Å². The first kappa shape index (κ1) is 14.8. The van der Waals surface area contributed by atoms with Gasteiger partial charge in [0, 0.05) is 0 Å². The van der Waals surface area contributed by atoms with Gasteiger partial charge in [-0.15, -0.1) is 0 Å². The summed E-state index contributed by atoms with van der Waals surface area (Å²) >= 11 is 0. The van der Waals surface area contributed by atoms with Crippen molar-refractivity contribution >= 4 is 11.9 Å². The van der Waals surface area contributed by atoms with Gasteiger partial charge >= 0.3 is 11.9 Å². The molecule has 0 saturated heterocycles. The highest BCUT2D eigenvalue weighted by atomic mass is 16.5. The van der Waals surface area contributed by atoms with Gasteiger partial charge in [0.1, 0.15) is 12.2 Å². The Hall–Kier alpha value is -1.22. The van der Waals surface area contributed by atoms with Crippen LogP contribution in [0.15, 0.2) is 0 Å². The third-order valence-corrected chi connectivity index (χ3v) is 1.78. The zero-order valence-electron chi connectivity index (χ0n) is 8.48. The van der Waals surface area contributed by atoms with E-state index in [4.69, 9.17) is 20.4 Å². The Kier molecular flexibility index (Phi) is 5.89. The van der Waals surface area contributed by atoms with E-state index in [2.05, 4.69) is 4.74 Å².